The highest BCUT2D eigenvalue weighted by Gasteiger charge is 2.22. The third kappa shape index (κ3) is 4.96. The molecule has 0 aromatic carbocycles. The standard InChI is InChI=1S/C10H18OS2/c1-10(2,3)13-12-9-6-4-5-8(11)7-9/h9H,4-7H2,1-3H3. The molecule has 1 unspecified atom stereocenters. The molecule has 1 aliphatic rings. The van der Waals surface area contributed by atoms with E-state index in [4.69, 9.17) is 0 Å². The summed E-state index contributed by atoms with van der Waals surface area (Å²) in [6.45, 7) is 6.65. The van der Waals surface area contributed by atoms with Gasteiger partial charge in [0.1, 0.15) is 5.78 Å². The van der Waals surface area contributed by atoms with Gasteiger partial charge in [0, 0.05) is 22.8 Å². The van der Waals surface area contributed by atoms with Crippen molar-refractivity contribution < 1.29 is 4.79 Å². The zero-order chi connectivity index (χ0) is 9.90. The lowest BCUT2D eigenvalue weighted by Gasteiger charge is -2.24. The molecule has 0 amide bonds. The van der Waals surface area contributed by atoms with E-state index in [1.54, 1.807) is 0 Å². The van der Waals surface area contributed by atoms with Crippen molar-refractivity contribution in [3.63, 3.8) is 0 Å². The van der Waals surface area contributed by atoms with Crippen molar-refractivity contribution in [2.24, 2.45) is 0 Å². The Hall–Kier alpha value is 0.370. The number of rotatable bonds is 2. The molecule has 0 saturated heterocycles. The summed E-state index contributed by atoms with van der Waals surface area (Å²) in [7, 11) is 3.81. The molecule has 76 valence electrons. The smallest absolute Gasteiger partial charge is 0.134 e. The van der Waals surface area contributed by atoms with Crippen LogP contribution in [0.5, 0.6) is 0 Å². The van der Waals surface area contributed by atoms with Crippen LogP contribution < -0.4 is 0 Å². The van der Waals surface area contributed by atoms with Crippen LogP contribution in [0, 0.1) is 0 Å². The number of hydrogen-bond donors (Lipinski definition) is 0. The van der Waals surface area contributed by atoms with E-state index in [2.05, 4.69) is 20.8 Å². The second-order valence-corrected chi connectivity index (χ2v) is 7.88. The van der Waals surface area contributed by atoms with E-state index >= 15 is 0 Å². The molecule has 1 rings (SSSR count). The molecule has 3 heteroatoms. The Morgan fingerprint density at radius 3 is 2.62 bits per heavy atom. The summed E-state index contributed by atoms with van der Waals surface area (Å²) >= 11 is 0. The average Bonchev–Trinajstić information content (AvgIpc) is 2.00. The van der Waals surface area contributed by atoms with Crippen LogP contribution in [0.1, 0.15) is 46.5 Å². The first-order valence-electron chi connectivity index (χ1n) is 4.83. The molecule has 1 fully saturated rings. The summed E-state index contributed by atoms with van der Waals surface area (Å²) in [5.41, 5.74) is 0. The third-order valence-corrected chi connectivity index (χ3v) is 5.75. The normalized spacial score (nSPS) is 24.8. The van der Waals surface area contributed by atoms with Crippen molar-refractivity contribution in [3.8, 4) is 0 Å². The van der Waals surface area contributed by atoms with Gasteiger partial charge in [0.05, 0.1) is 0 Å². The van der Waals surface area contributed by atoms with E-state index < -0.39 is 0 Å². The first kappa shape index (κ1) is 11.4. The van der Waals surface area contributed by atoms with E-state index in [1.807, 2.05) is 21.6 Å². The highest BCUT2D eigenvalue weighted by molar-refractivity contribution is 8.77. The van der Waals surface area contributed by atoms with Gasteiger partial charge in [0.15, 0.2) is 0 Å². The fourth-order valence-electron chi connectivity index (χ4n) is 1.28. The van der Waals surface area contributed by atoms with E-state index in [-0.39, 0.29) is 0 Å². The fraction of sp³-hybridized carbons (Fsp3) is 0.900. The van der Waals surface area contributed by atoms with Gasteiger partial charge in [-0.05, 0) is 12.8 Å². The van der Waals surface area contributed by atoms with Gasteiger partial charge < -0.3 is 0 Å². The Kier molecular flexibility index (Phi) is 4.17. The van der Waals surface area contributed by atoms with Crippen molar-refractivity contribution in [1.29, 1.82) is 0 Å². The molecule has 1 aliphatic carbocycles. The highest BCUT2D eigenvalue weighted by atomic mass is 33.1. The maximum absolute atomic E-state index is 11.2. The fourth-order valence-corrected chi connectivity index (χ4v) is 3.99. The zero-order valence-corrected chi connectivity index (χ0v) is 10.3. The van der Waals surface area contributed by atoms with E-state index in [0.29, 0.717) is 15.8 Å². The monoisotopic (exact) mass is 218 g/mol. The number of carbonyl (C=O) groups excluding carboxylic acids is 1. The Balaban J connectivity index is 2.25. The van der Waals surface area contributed by atoms with Gasteiger partial charge in [-0.1, -0.05) is 42.4 Å². The molecule has 1 atom stereocenters. The van der Waals surface area contributed by atoms with Crippen molar-refractivity contribution in [2.45, 2.75) is 56.5 Å². The molecule has 13 heavy (non-hydrogen) atoms. The van der Waals surface area contributed by atoms with Gasteiger partial charge in [-0.25, -0.2) is 0 Å². The summed E-state index contributed by atoms with van der Waals surface area (Å²) in [5.74, 6) is 0.457. The minimum absolute atomic E-state index is 0.311. The number of Topliss-reactive ketones (excluding diaryl/α,β-unsaturated/α-hetero) is 1. The average molecular weight is 218 g/mol. The van der Waals surface area contributed by atoms with Crippen LogP contribution in [0.2, 0.25) is 0 Å². The lowest BCUT2D eigenvalue weighted by atomic mass is 9.99. The van der Waals surface area contributed by atoms with Gasteiger partial charge in [0.25, 0.3) is 0 Å². The molecule has 0 aliphatic heterocycles. The SMILES string of the molecule is CC(C)(C)SSC1CCCC(=O)C1. The number of carbonyl (C=O) groups is 1. The molecule has 0 radical (unpaired) electrons. The van der Waals surface area contributed by atoms with Crippen molar-refractivity contribution in [3.05, 3.63) is 0 Å². The van der Waals surface area contributed by atoms with Crippen molar-refractivity contribution in [1.82, 2.24) is 0 Å². The van der Waals surface area contributed by atoms with Crippen LogP contribution in [0.15, 0.2) is 0 Å². The largest absolute Gasteiger partial charge is 0.300 e. The van der Waals surface area contributed by atoms with Crippen LogP contribution in [-0.4, -0.2) is 15.8 Å². The predicted octanol–water partition coefficient (Wildman–Crippen LogP) is 3.68. The summed E-state index contributed by atoms with van der Waals surface area (Å²) in [6.07, 6.45) is 3.94. The molecule has 0 aromatic rings. The summed E-state index contributed by atoms with van der Waals surface area (Å²) in [4.78, 5) is 11.2. The van der Waals surface area contributed by atoms with Gasteiger partial charge >= 0.3 is 0 Å². The van der Waals surface area contributed by atoms with Crippen LogP contribution in [0.25, 0.3) is 0 Å². The molecular formula is C10H18OS2. The minimum Gasteiger partial charge on any atom is -0.300 e. The molecule has 0 bridgehead atoms. The van der Waals surface area contributed by atoms with E-state index in [9.17, 15) is 4.79 Å². The third-order valence-electron chi connectivity index (χ3n) is 1.87. The van der Waals surface area contributed by atoms with Gasteiger partial charge in [-0.15, -0.1) is 0 Å². The minimum atomic E-state index is 0.311. The Morgan fingerprint density at radius 2 is 2.08 bits per heavy atom. The van der Waals surface area contributed by atoms with Gasteiger partial charge in [-0.2, -0.15) is 0 Å². The molecule has 1 saturated carbocycles. The summed E-state index contributed by atoms with van der Waals surface area (Å²) in [6, 6.07) is 0. The molecule has 0 spiro atoms. The first-order valence-corrected chi connectivity index (χ1v) is 7.05. The first-order chi connectivity index (χ1) is 5.97. The maximum Gasteiger partial charge on any atom is 0.134 e. The van der Waals surface area contributed by atoms with Crippen LogP contribution in [-0.2, 0) is 4.79 Å². The van der Waals surface area contributed by atoms with Crippen molar-refractivity contribution >= 4 is 27.4 Å². The zero-order valence-electron chi connectivity index (χ0n) is 8.63. The molecule has 0 N–H and O–H groups in total. The highest BCUT2D eigenvalue weighted by Crippen LogP contribution is 2.41. The van der Waals surface area contributed by atoms with Crippen molar-refractivity contribution in [2.75, 3.05) is 0 Å². The van der Waals surface area contributed by atoms with E-state index in [0.717, 1.165) is 19.3 Å². The molecular weight excluding hydrogens is 200 g/mol. The molecule has 0 aromatic heterocycles. The van der Waals surface area contributed by atoms with Crippen LogP contribution in [0.3, 0.4) is 0 Å². The summed E-state index contributed by atoms with van der Waals surface area (Å²) < 4.78 is 0.311. The van der Waals surface area contributed by atoms with Gasteiger partial charge in [0.2, 0.25) is 0 Å². The van der Waals surface area contributed by atoms with E-state index in [1.165, 1.54) is 6.42 Å². The van der Waals surface area contributed by atoms with Crippen LogP contribution in [0.4, 0.5) is 0 Å². The maximum atomic E-state index is 11.2. The Morgan fingerprint density at radius 1 is 1.38 bits per heavy atom. The second kappa shape index (κ2) is 4.74. The summed E-state index contributed by atoms with van der Waals surface area (Å²) in [5, 5.41) is 0.575. The molecule has 0 heterocycles. The Labute approximate surface area is 88.8 Å². The number of hydrogen-bond acceptors (Lipinski definition) is 3. The lowest BCUT2D eigenvalue weighted by Crippen LogP contribution is -2.17. The lowest BCUT2D eigenvalue weighted by molar-refractivity contribution is -0.120. The Bertz CT molecular complexity index is 184. The number of ketones is 1. The molecule has 1 nitrogen and oxygen atoms in total. The quantitative estimate of drug-likeness (QED) is 0.658. The topological polar surface area (TPSA) is 17.1 Å². The second-order valence-electron chi connectivity index (χ2n) is 4.55. The predicted molar refractivity (Wildman–Crippen MR) is 62.2 cm³/mol. The van der Waals surface area contributed by atoms with Crippen LogP contribution >= 0.6 is 21.6 Å². The van der Waals surface area contributed by atoms with Gasteiger partial charge in [-0.3, -0.25) is 4.79 Å².